The molecular weight excluding hydrogens is 264 g/mol. The Labute approximate surface area is 125 Å². The van der Waals surface area contributed by atoms with Crippen LogP contribution in [0.2, 0.25) is 0 Å². The van der Waals surface area contributed by atoms with Crippen molar-refractivity contribution in [1.29, 1.82) is 0 Å². The SMILES string of the molecule is COc1ccc(C2=C3C=CCC3C(C(C)C)C(=O)O2)cc1. The van der Waals surface area contributed by atoms with Gasteiger partial charge in [0.05, 0.1) is 13.0 Å². The lowest BCUT2D eigenvalue weighted by Gasteiger charge is -2.32. The Morgan fingerprint density at radius 3 is 2.57 bits per heavy atom. The molecular formula is C18H20O3. The van der Waals surface area contributed by atoms with E-state index in [4.69, 9.17) is 9.47 Å². The normalized spacial score (nSPS) is 24.3. The molecule has 2 aliphatic rings. The second-order valence-corrected chi connectivity index (χ2v) is 5.95. The average Bonchev–Trinajstić information content (AvgIpc) is 2.95. The quantitative estimate of drug-likeness (QED) is 0.792. The number of hydrogen-bond donors (Lipinski definition) is 0. The Bertz CT molecular complexity index is 608. The Morgan fingerprint density at radius 1 is 1.24 bits per heavy atom. The fourth-order valence-corrected chi connectivity index (χ4v) is 3.27. The molecule has 0 bridgehead atoms. The van der Waals surface area contributed by atoms with Crippen LogP contribution >= 0.6 is 0 Å². The van der Waals surface area contributed by atoms with E-state index < -0.39 is 0 Å². The first-order valence-corrected chi connectivity index (χ1v) is 7.38. The van der Waals surface area contributed by atoms with Crippen LogP contribution in [0.3, 0.4) is 0 Å². The smallest absolute Gasteiger partial charge is 0.315 e. The summed E-state index contributed by atoms with van der Waals surface area (Å²) in [6.45, 7) is 4.17. The van der Waals surface area contributed by atoms with Crippen LogP contribution in [-0.2, 0) is 9.53 Å². The molecule has 3 rings (SSSR count). The third kappa shape index (κ3) is 2.37. The summed E-state index contributed by atoms with van der Waals surface area (Å²) in [5.74, 6) is 1.90. The second kappa shape index (κ2) is 5.40. The summed E-state index contributed by atoms with van der Waals surface area (Å²) in [5.41, 5.74) is 2.08. The van der Waals surface area contributed by atoms with Gasteiger partial charge in [0.25, 0.3) is 0 Å². The first kappa shape index (κ1) is 13.9. The van der Waals surface area contributed by atoms with Crippen LogP contribution in [0.5, 0.6) is 5.75 Å². The fourth-order valence-electron chi connectivity index (χ4n) is 3.27. The van der Waals surface area contributed by atoms with E-state index in [0.29, 0.717) is 5.76 Å². The Kier molecular flexibility index (Phi) is 3.58. The van der Waals surface area contributed by atoms with Crippen molar-refractivity contribution in [1.82, 2.24) is 0 Å². The maximum absolute atomic E-state index is 12.4. The van der Waals surface area contributed by atoms with Crippen LogP contribution in [0.25, 0.3) is 5.76 Å². The zero-order chi connectivity index (χ0) is 15.0. The molecule has 3 heteroatoms. The van der Waals surface area contributed by atoms with Crippen LogP contribution in [0.1, 0.15) is 25.8 Å². The first-order valence-electron chi connectivity index (χ1n) is 7.38. The van der Waals surface area contributed by atoms with Gasteiger partial charge in [-0.1, -0.05) is 26.0 Å². The van der Waals surface area contributed by atoms with Crippen molar-refractivity contribution in [3.05, 3.63) is 47.6 Å². The third-order valence-corrected chi connectivity index (χ3v) is 4.33. The third-order valence-electron chi connectivity index (χ3n) is 4.33. The van der Waals surface area contributed by atoms with Crippen LogP contribution in [-0.4, -0.2) is 13.1 Å². The molecule has 0 aromatic heterocycles. The minimum absolute atomic E-state index is 0.0444. The predicted molar refractivity (Wildman–Crippen MR) is 81.6 cm³/mol. The van der Waals surface area contributed by atoms with Crippen molar-refractivity contribution in [3.8, 4) is 5.75 Å². The van der Waals surface area contributed by atoms with Gasteiger partial charge >= 0.3 is 5.97 Å². The maximum atomic E-state index is 12.4. The van der Waals surface area contributed by atoms with Crippen LogP contribution in [0, 0.1) is 17.8 Å². The van der Waals surface area contributed by atoms with E-state index in [-0.39, 0.29) is 23.7 Å². The monoisotopic (exact) mass is 284 g/mol. The number of esters is 1. The number of carbonyl (C=O) groups excluding carboxylic acids is 1. The van der Waals surface area contributed by atoms with E-state index in [1.54, 1.807) is 7.11 Å². The fraction of sp³-hybridized carbons (Fsp3) is 0.389. The molecule has 0 radical (unpaired) electrons. The van der Waals surface area contributed by atoms with Crippen molar-refractivity contribution in [2.75, 3.05) is 7.11 Å². The minimum Gasteiger partial charge on any atom is -0.497 e. The van der Waals surface area contributed by atoms with Crippen LogP contribution in [0.15, 0.2) is 42.0 Å². The number of hydrogen-bond acceptors (Lipinski definition) is 3. The zero-order valence-electron chi connectivity index (χ0n) is 12.6. The number of cyclic esters (lactones) is 1. The summed E-state index contributed by atoms with van der Waals surface area (Å²) in [6.07, 6.45) is 5.17. The number of benzene rings is 1. The topological polar surface area (TPSA) is 35.5 Å². The molecule has 0 fully saturated rings. The van der Waals surface area contributed by atoms with E-state index in [9.17, 15) is 4.79 Å². The molecule has 0 spiro atoms. The second-order valence-electron chi connectivity index (χ2n) is 5.95. The molecule has 2 unspecified atom stereocenters. The van der Waals surface area contributed by atoms with Gasteiger partial charge in [-0.3, -0.25) is 4.79 Å². The molecule has 2 atom stereocenters. The van der Waals surface area contributed by atoms with Crippen molar-refractivity contribution >= 4 is 11.7 Å². The van der Waals surface area contributed by atoms with Crippen molar-refractivity contribution in [3.63, 3.8) is 0 Å². The summed E-state index contributed by atoms with van der Waals surface area (Å²) in [6, 6.07) is 7.65. The van der Waals surface area contributed by atoms with Gasteiger partial charge in [0, 0.05) is 11.5 Å². The molecule has 0 saturated carbocycles. The van der Waals surface area contributed by atoms with E-state index in [0.717, 1.165) is 23.3 Å². The van der Waals surface area contributed by atoms with Gasteiger partial charge in [-0.25, -0.2) is 0 Å². The van der Waals surface area contributed by atoms with E-state index in [1.807, 2.05) is 24.3 Å². The lowest BCUT2D eigenvalue weighted by Crippen LogP contribution is -2.34. The lowest BCUT2D eigenvalue weighted by atomic mass is 9.77. The number of allylic oxidation sites excluding steroid dienone is 3. The molecule has 0 saturated heterocycles. The van der Waals surface area contributed by atoms with Gasteiger partial charge in [-0.15, -0.1) is 0 Å². The number of methoxy groups -OCH3 is 1. The molecule has 3 nitrogen and oxygen atoms in total. The Balaban J connectivity index is 2.02. The van der Waals surface area contributed by atoms with Gasteiger partial charge in [0.15, 0.2) is 0 Å². The van der Waals surface area contributed by atoms with E-state index in [2.05, 4.69) is 26.0 Å². The maximum Gasteiger partial charge on any atom is 0.315 e. The molecule has 1 aliphatic heterocycles. The summed E-state index contributed by atoms with van der Waals surface area (Å²) in [5, 5.41) is 0. The van der Waals surface area contributed by atoms with Crippen molar-refractivity contribution in [2.24, 2.45) is 17.8 Å². The van der Waals surface area contributed by atoms with E-state index in [1.165, 1.54) is 0 Å². The molecule has 0 amide bonds. The highest BCUT2D eigenvalue weighted by Gasteiger charge is 2.41. The number of ether oxygens (including phenoxy) is 2. The molecule has 110 valence electrons. The highest BCUT2D eigenvalue weighted by Crippen LogP contribution is 2.44. The zero-order valence-corrected chi connectivity index (χ0v) is 12.6. The van der Waals surface area contributed by atoms with Gasteiger partial charge in [0.2, 0.25) is 0 Å². The highest BCUT2D eigenvalue weighted by atomic mass is 16.5. The van der Waals surface area contributed by atoms with Crippen LogP contribution < -0.4 is 4.74 Å². The first-order chi connectivity index (χ1) is 10.1. The van der Waals surface area contributed by atoms with Gasteiger partial charge in [-0.05, 0) is 42.2 Å². The largest absolute Gasteiger partial charge is 0.497 e. The van der Waals surface area contributed by atoms with Gasteiger partial charge in [0.1, 0.15) is 11.5 Å². The molecule has 21 heavy (non-hydrogen) atoms. The molecule has 1 aromatic rings. The minimum atomic E-state index is -0.103. The average molecular weight is 284 g/mol. The summed E-state index contributed by atoms with van der Waals surface area (Å²) >= 11 is 0. The summed E-state index contributed by atoms with van der Waals surface area (Å²) in [7, 11) is 1.64. The summed E-state index contributed by atoms with van der Waals surface area (Å²) < 4.78 is 10.9. The molecule has 0 N–H and O–H groups in total. The highest BCUT2D eigenvalue weighted by molar-refractivity contribution is 5.86. The molecule has 1 aliphatic carbocycles. The molecule has 1 aromatic carbocycles. The van der Waals surface area contributed by atoms with Crippen molar-refractivity contribution < 1.29 is 14.3 Å². The van der Waals surface area contributed by atoms with Crippen LogP contribution in [0.4, 0.5) is 0 Å². The summed E-state index contributed by atoms with van der Waals surface area (Å²) in [4.78, 5) is 12.4. The van der Waals surface area contributed by atoms with Gasteiger partial charge in [-0.2, -0.15) is 0 Å². The number of fused-ring (bicyclic) bond motifs is 1. The van der Waals surface area contributed by atoms with Gasteiger partial charge < -0.3 is 9.47 Å². The van der Waals surface area contributed by atoms with Crippen molar-refractivity contribution in [2.45, 2.75) is 20.3 Å². The molecule has 1 heterocycles. The Hall–Kier alpha value is -2.03. The Morgan fingerprint density at radius 2 is 1.95 bits per heavy atom. The number of rotatable bonds is 3. The lowest BCUT2D eigenvalue weighted by molar-refractivity contribution is -0.145. The predicted octanol–water partition coefficient (Wildman–Crippen LogP) is 3.81. The number of carbonyl (C=O) groups is 1. The van der Waals surface area contributed by atoms with E-state index >= 15 is 0 Å². The standard InChI is InChI=1S/C18H20O3/c1-11(2)16-14-5-4-6-15(14)17(21-18(16)19)12-7-9-13(20-3)10-8-12/h4,6-11,14,16H,5H2,1-3H3.